The summed E-state index contributed by atoms with van der Waals surface area (Å²) in [4.78, 5) is 26.3. The first-order valence-electron chi connectivity index (χ1n) is 9.09. The lowest BCUT2D eigenvalue weighted by Gasteiger charge is -2.39. The van der Waals surface area contributed by atoms with Crippen LogP contribution in [0.15, 0.2) is 29.2 Å². The minimum Gasteiger partial charge on any atom is -0.443 e. The highest BCUT2D eigenvalue weighted by Crippen LogP contribution is 2.44. The van der Waals surface area contributed by atoms with Crippen molar-refractivity contribution in [3.8, 4) is 0 Å². The second-order valence-corrected chi connectivity index (χ2v) is 10.2. The Morgan fingerprint density at radius 1 is 1.18 bits per heavy atom. The molecule has 4 nitrogen and oxygen atoms in total. The molecule has 1 aliphatic heterocycles. The quantitative estimate of drug-likeness (QED) is 0.588. The van der Waals surface area contributed by atoms with Gasteiger partial charge in [0.25, 0.3) is 0 Å². The van der Waals surface area contributed by atoms with Gasteiger partial charge in [-0.3, -0.25) is 4.79 Å². The van der Waals surface area contributed by atoms with E-state index in [1.165, 1.54) is 17.8 Å². The van der Waals surface area contributed by atoms with Crippen molar-refractivity contribution in [2.75, 3.05) is 6.54 Å². The Labute approximate surface area is 167 Å². The molecule has 1 atom stereocenters. The third-order valence-electron chi connectivity index (χ3n) is 4.56. The number of amides is 2. The number of carbonyl (C=O) groups is 2. The zero-order valence-corrected chi connectivity index (χ0v) is 17.5. The van der Waals surface area contributed by atoms with E-state index < -0.39 is 28.2 Å². The molecular formula is C20H26F3NO3S. The summed E-state index contributed by atoms with van der Waals surface area (Å²) in [5, 5.41) is 0. The molecule has 1 fully saturated rings. The Morgan fingerprint density at radius 3 is 2.36 bits per heavy atom. The van der Waals surface area contributed by atoms with E-state index in [2.05, 4.69) is 0 Å². The Morgan fingerprint density at radius 2 is 1.82 bits per heavy atom. The molecule has 1 heterocycles. The highest BCUT2D eigenvalue weighted by Gasteiger charge is 2.40. The van der Waals surface area contributed by atoms with Gasteiger partial charge < -0.3 is 4.74 Å². The molecular weight excluding hydrogens is 391 g/mol. The first kappa shape index (κ1) is 22.6. The number of benzene rings is 1. The van der Waals surface area contributed by atoms with Gasteiger partial charge in [-0.2, -0.15) is 13.2 Å². The van der Waals surface area contributed by atoms with Crippen molar-refractivity contribution in [3.05, 3.63) is 29.8 Å². The standard InChI is InChI=1S/C20H26F3NO3S/c1-18(2,3)27-17(26)24-10-9-13(12-16(24)25)19(4,5)28-15-8-6-7-14(11-15)20(21,22)23/h6-8,11,13H,9-10,12H2,1-5H3/t13-/m1/s1. The van der Waals surface area contributed by atoms with Crippen LogP contribution >= 0.6 is 11.8 Å². The van der Waals surface area contributed by atoms with Crippen molar-refractivity contribution in [1.82, 2.24) is 4.90 Å². The molecule has 0 radical (unpaired) electrons. The SMILES string of the molecule is CC(C)(C)OC(=O)N1CC[C@@H](C(C)(C)Sc2cccc(C(F)(F)F)c2)CC1=O. The van der Waals surface area contributed by atoms with E-state index in [1.807, 2.05) is 13.8 Å². The number of imide groups is 1. The zero-order valence-electron chi connectivity index (χ0n) is 16.7. The topological polar surface area (TPSA) is 46.6 Å². The normalized spacial score (nSPS) is 18.9. The molecule has 0 aliphatic carbocycles. The molecule has 28 heavy (non-hydrogen) atoms. The maximum Gasteiger partial charge on any atom is 0.417 e. The second kappa shape index (κ2) is 7.97. The first-order valence-corrected chi connectivity index (χ1v) is 9.90. The Kier molecular flexibility index (Phi) is 6.43. The average Bonchev–Trinajstić information content (AvgIpc) is 2.52. The van der Waals surface area contributed by atoms with Gasteiger partial charge in [-0.15, -0.1) is 11.8 Å². The molecule has 1 saturated heterocycles. The van der Waals surface area contributed by atoms with Crippen LogP contribution in [0, 0.1) is 5.92 Å². The van der Waals surface area contributed by atoms with Crippen LogP contribution in [0.1, 0.15) is 53.0 Å². The summed E-state index contributed by atoms with van der Waals surface area (Å²) >= 11 is 1.32. The third kappa shape index (κ3) is 5.90. The van der Waals surface area contributed by atoms with E-state index in [9.17, 15) is 22.8 Å². The number of halogens is 3. The summed E-state index contributed by atoms with van der Waals surface area (Å²) in [7, 11) is 0. The Bertz CT molecular complexity index is 741. The highest BCUT2D eigenvalue weighted by atomic mass is 32.2. The molecule has 0 unspecified atom stereocenters. The lowest BCUT2D eigenvalue weighted by atomic mass is 9.85. The molecule has 0 saturated carbocycles. The summed E-state index contributed by atoms with van der Waals surface area (Å²) in [6.45, 7) is 9.27. The average molecular weight is 417 g/mol. The molecule has 0 aromatic heterocycles. The van der Waals surface area contributed by atoms with Gasteiger partial charge in [0.1, 0.15) is 5.60 Å². The fourth-order valence-electron chi connectivity index (χ4n) is 3.06. The van der Waals surface area contributed by atoms with Gasteiger partial charge >= 0.3 is 12.3 Å². The molecule has 2 amide bonds. The van der Waals surface area contributed by atoms with Gasteiger partial charge in [0.05, 0.1) is 5.56 Å². The summed E-state index contributed by atoms with van der Waals surface area (Å²) in [6.07, 6.45) is -4.32. The van der Waals surface area contributed by atoms with Crippen LogP contribution in [0.4, 0.5) is 18.0 Å². The van der Waals surface area contributed by atoms with E-state index in [1.54, 1.807) is 26.8 Å². The zero-order chi connectivity index (χ0) is 21.3. The molecule has 0 N–H and O–H groups in total. The van der Waals surface area contributed by atoms with Crippen LogP contribution in [0.2, 0.25) is 0 Å². The van der Waals surface area contributed by atoms with Gasteiger partial charge in [-0.1, -0.05) is 19.9 Å². The minimum absolute atomic E-state index is 0.0711. The molecule has 0 bridgehead atoms. The molecule has 0 spiro atoms. The van der Waals surface area contributed by atoms with E-state index in [0.29, 0.717) is 11.3 Å². The number of carbonyl (C=O) groups excluding carboxylic acids is 2. The van der Waals surface area contributed by atoms with Crippen LogP contribution in [0.3, 0.4) is 0 Å². The number of alkyl halides is 3. The van der Waals surface area contributed by atoms with Crippen molar-refractivity contribution in [3.63, 3.8) is 0 Å². The largest absolute Gasteiger partial charge is 0.443 e. The van der Waals surface area contributed by atoms with E-state index >= 15 is 0 Å². The van der Waals surface area contributed by atoms with E-state index in [0.717, 1.165) is 17.0 Å². The summed E-state index contributed by atoms with van der Waals surface area (Å²) in [5.41, 5.74) is -1.38. The lowest BCUT2D eigenvalue weighted by Crippen LogP contribution is -2.48. The Balaban J connectivity index is 2.06. The highest BCUT2D eigenvalue weighted by molar-refractivity contribution is 8.00. The van der Waals surface area contributed by atoms with Gasteiger partial charge in [-0.05, 0) is 51.3 Å². The summed E-state index contributed by atoms with van der Waals surface area (Å²) in [5.74, 6) is -0.388. The number of likely N-dealkylation sites (tertiary alicyclic amines) is 1. The Hall–Kier alpha value is -1.70. The number of piperidine rings is 1. The number of nitrogens with zero attached hydrogens (tertiary/aromatic N) is 1. The maximum atomic E-state index is 12.9. The molecule has 2 rings (SSSR count). The monoisotopic (exact) mass is 417 g/mol. The van der Waals surface area contributed by atoms with Gasteiger partial charge in [0, 0.05) is 22.6 Å². The molecule has 1 aromatic carbocycles. The predicted molar refractivity (Wildman–Crippen MR) is 102 cm³/mol. The molecule has 8 heteroatoms. The number of thioether (sulfide) groups is 1. The van der Waals surface area contributed by atoms with Gasteiger partial charge in [0.2, 0.25) is 5.91 Å². The fourth-order valence-corrected chi connectivity index (χ4v) is 4.37. The number of hydrogen-bond donors (Lipinski definition) is 0. The van der Waals surface area contributed by atoms with Crippen molar-refractivity contribution in [2.24, 2.45) is 5.92 Å². The van der Waals surface area contributed by atoms with Crippen LogP contribution in [0.5, 0.6) is 0 Å². The molecule has 1 aliphatic rings. The number of ether oxygens (including phenoxy) is 1. The predicted octanol–water partition coefficient (Wildman–Crippen LogP) is 5.75. The number of rotatable bonds is 3. The van der Waals surface area contributed by atoms with Crippen LogP contribution in [-0.2, 0) is 15.7 Å². The molecule has 156 valence electrons. The van der Waals surface area contributed by atoms with Crippen LogP contribution in [-0.4, -0.2) is 33.8 Å². The van der Waals surface area contributed by atoms with Crippen molar-refractivity contribution in [2.45, 2.75) is 68.9 Å². The summed E-state index contributed by atoms with van der Waals surface area (Å²) < 4.78 is 43.6. The summed E-state index contributed by atoms with van der Waals surface area (Å²) in [6, 6.07) is 5.20. The lowest BCUT2D eigenvalue weighted by molar-refractivity contribution is -0.137. The van der Waals surface area contributed by atoms with Crippen molar-refractivity contribution < 1.29 is 27.5 Å². The van der Waals surface area contributed by atoms with Crippen molar-refractivity contribution in [1.29, 1.82) is 0 Å². The third-order valence-corrected chi connectivity index (χ3v) is 5.91. The van der Waals surface area contributed by atoms with Crippen molar-refractivity contribution >= 4 is 23.8 Å². The minimum atomic E-state index is -4.39. The van der Waals surface area contributed by atoms with Crippen LogP contribution in [0.25, 0.3) is 0 Å². The first-order chi connectivity index (χ1) is 12.7. The molecule has 1 aromatic rings. The van der Waals surface area contributed by atoms with Gasteiger partial charge in [-0.25, -0.2) is 9.69 Å². The maximum absolute atomic E-state index is 12.9. The fraction of sp³-hybridized carbons (Fsp3) is 0.600. The smallest absolute Gasteiger partial charge is 0.417 e. The van der Waals surface area contributed by atoms with Gasteiger partial charge in [0.15, 0.2) is 0 Å². The van der Waals surface area contributed by atoms with Crippen LogP contribution < -0.4 is 0 Å². The van der Waals surface area contributed by atoms with E-state index in [-0.39, 0.29) is 24.8 Å². The second-order valence-electron chi connectivity index (χ2n) is 8.45. The number of hydrogen-bond acceptors (Lipinski definition) is 4. The van der Waals surface area contributed by atoms with E-state index in [4.69, 9.17) is 4.74 Å².